The molecule has 2 aromatic rings. The first-order chi connectivity index (χ1) is 8.33. The van der Waals surface area contributed by atoms with Gasteiger partial charge < -0.3 is 9.84 Å². The Labute approximate surface area is 121 Å². The maximum absolute atomic E-state index is 13.0. The van der Waals surface area contributed by atoms with E-state index in [0.29, 0.717) is 24.7 Å². The highest BCUT2D eigenvalue weighted by Gasteiger charge is 2.29. The Morgan fingerprint density at radius 2 is 2.00 bits per heavy atom. The molecule has 2 unspecified atom stereocenters. The van der Waals surface area contributed by atoms with Crippen LogP contribution in [0.1, 0.15) is 18.4 Å². The molecule has 1 aliphatic rings. The van der Waals surface area contributed by atoms with Crippen molar-refractivity contribution in [1.82, 2.24) is 20.4 Å². The van der Waals surface area contributed by atoms with Gasteiger partial charge in [-0.2, -0.15) is 4.98 Å². The predicted molar refractivity (Wildman–Crippen MR) is 72.3 cm³/mol. The molecule has 3 rings (SSSR count). The van der Waals surface area contributed by atoms with E-state index in [-0.39, 0.29) is 30.9 Å². The Morgan fingerprint density at radius 1 is 1.26 bits per heavy atom. The second kappa shape index (κ2) is 6.79. The van der Waals surface area contributed by atoms with Crippen molar-refractivity contribution < 1.29 is 8.91 Å². The minimum Gasteiger partial charge on any atom is -0.337 e. The Hall–Kier alpha value is -1.24. The minimum absolute atomic E-state index is 0. The lowest BCUT2D eigenvalue weighted by atomic mass is 10.2. The molecule has 0 aromatic carbocycles. The number of rotatable bonds is 2. The smallest absolute Gasteiger partial charge is 0.244 e. The number of aromatic nitrogens is 3. The van der Waals surface area contributed by atoms with E-state index in [1.54, 1.807) is 24.5 Å². The molecule has 2 atom stereocenters. The third-order valence-electron chi connectivity index (χ3n) is 2.76. The topological polar surface area (TPSA) is 63.8 Å². The van der Waals surface area contributed by atoms with Gasteiger partial charge in [-0.15, -0.1) is 24.8 Å². The molecule has 3 heterocycles. The molecule has 5 nitrogen and oxygen atoms in total. The molecule has 19 heavy (non-hydrogen) atoms. The van der Waals surface area contributed by atoms with E-state index in [1.807, 2.05) is 0 Å². The maximum Gasteiger partial charge on any atom is 0.244 e. The molecule has 0 saturated carbocycles. The number of hydrogen-bond donors (Lipinski definition) is 1. The first-order valence-electron chi connectivity index (χ1n) is 5.44. The van der Waals surface area contributed by atoms with Crippen LogP contribution >= 0.6 is 24.8 Å². The zero-order chi connectivity index (χ0) is 11.7. The average molecular weight is 307 g/mol. The summed E-state index contributed by atoms with van der Waals surface area (Å²) in [5.74, 6) is 0.948. The van der Waals surface area contributed by atoms with Gasteiger partial charge in [-0.25, -0.2) is 4.39 Å². The zero-order valence-corrected chi connectivity index (χ0v) is 11.5. The molecule has 0 bridgehead atoms. The quantitative estimate of drug-likeness (QED) is 0.922. The van der Waals surface area contributed by atoms with Crippen molar-refractivity contribution in [1.29, 1.82) is 0 Å². The molecule has 0 aliphatic carbocycles. The fourth-order valence-electron chi connectivity index (χ4n) is 1.88. The molecule has 8 heteroatoms. The molecule has 1 N–H and O–H groups in total. The van der Waals surface area contributed by atoms with Crippen LogP contribution in [-0.4, -0.2) is 27.8 Å². The van der Waals surface area contributed by atoms with E-state index in [0.717, 1.165) is 5.56 Å². The Morgan fingerprint density at radius 3 is 2.63 bits per heavy atom. The van der Waals surface area contributed by atoms with E-state index in [1.165, 1.54) is 0 Å². The van der Waals surface area contributed by atoms with Crippen molar-refractivity contribution in [3.05, 3.63) is 30.4 Å². The van der Waals surface area contributed by atoms with Gasteiger partial charge in [-0.3, -0.25) is 4.98 Å². The van der Waals surface area contributed by atoms with Crippen molar-refractivity contribution in [3.63, 3.8) is 0 Å². The maximum atomic E-state index is 13.0. The molecule has 0 spiro atoms. The number of alkyl halides is 1. The third kappa shape index (κ3) is 3.40. The lowest BCUT2D eigenvalue weighted by molar-refractivity contribution is 0.324. The van der Waals surface area contributed by atoms with Crippen LogP contribution < -0.4 is 5.32 Å². The fourth-order valence-corrected chi connectivity index (χ4v) is 1.88. The van der Waals surface area contributed by atoms with Crippen LogP contribution in [0.5, 0.6) is 0 Å². The van der Waals surface area contributed by atoms with Crippen LogP contribution in [0.2, 0.25) is 0 Å². The first-order valence-corrected chi connectivity index (χ1v) is 5.44. The second-order valence-corrected chi connectivity index (χ2v) is 3.99. The zero-order valence-electron chi connectivity index (χ0n) is 9.82. The van der Waals surface area contributed by atoms with Gasteiger partial charge in [-0.05, 0) is 12.1 Å². The first kappa shape index (κ1) is 15.8. The standard InChI is InChI=1S/C11H11FN4O.2ClH/c12-8-5-9(14-6-8)11-15-10(16-17-11)7-1-3-13-4-2-7;;/h1-4,8-9,14H,5-6H2;2*1H. The Bertz CT molecular complexity index is 510. The summed E-state index contributed by atoms with van der Waals surface area (Å²) in [6, 6.07) is 3.43. The number of pyridine rings is 1. The van der Waals surface area contributed by atoms with Crippen LogP contribution in [0, 0.1) is 0 Å². The van der Waals surface area contributed by atoms with E-state index >= 15 is 0 Å². The van der Waals surface area contributed by atoms with Gasteiger partial charge in [0.15, 0.2) is 0 Å². The summed E-state index contributed by atoms with van der Waals surface area (Å²) in [7, 11) is 0. The summed E-state index contributed by atoms with van der Waals surface area (Å²) in [6.07, 6.45) is 2.88. The van der Waals surface area contributed by atoms with Gasteiger partial charge in [0.2, 0.25) is 11.7 Å². The third-order valence-corrected chi connectivity index (χ3v) is 2.76. The highest BCUT2D eigenvalue weighted by atomic mass is 35.5. The molecule has 2 aromatic heterocycles. The summed E-state index contributed by atoms with van der Waals surface area (Å²) in [5, 5.41) is 6.88. The molecule has 0 radical (unpaired) electrons. The lowest BCUT2D eigenvalue weighted by Crippen LogP contribution is -2.14. The van der Waals surface area contributed by atoms with E-state index in [4.69, 9.17) is 4.52 Å². The monoisotopic (exact) mass is 306 g/mol. The molecule has 1 aliphatic heterocycles. The van der Waals surface area contributed by atoms with Gasteiger partial charge in [0.25, 0.3) is 0 Å². The molecule has 1 saturated heterocycles. The predicted octanol–water partition coefficient (Wildman–Crippen LogP) is 2.35. The van der Waals surface area contributed by atoms with Crippen molar-refractivity contribution in [3.8, 4) is 11.4 Å². The number of nitrogens with one attached hydrogen (secondary N) is 1. The van der Waals surface area contributed by atoms with Gasteiger partial charge in [0.05, 0.1) is 6.04 Å². The normalized spacial score (nSPS) is 21.5. The lowest BCUT2D eigenvalue weighted by Gasteiger charge is -2.01. The van der Waals surface area contributed by atoms with Crippen molar-refractivity contribution in [2.75, 3.05) is 6.54 Å². The largest absolute Gasteiger partial charge is 0.337 e. The average Bonchev–Trinajstić information content (AvgIpc) is 2.98. The molecular weight excluding hydrogens is 294 g/mol. The van der Waals surface area contributed by atoms with E-state index in [2.05, 4.69) is 20.4 Å². The summed E-state index contributed by atoms with van der Waals surface area (Å²) >= 11 is 0. The molecule has 104 valence electrons. The van der Waals surface area contributed by atoms with Crippen LogP contribution in [0.25, 0.3) is 11.4 Å². The van der Waals surface area contributed by atoms with E-state index < -0.39 is 6.17 Å². The van der Waals surface area contributed by atoms with Gasteiger partial charge in [0, 0.05) is 30.9 Å². The number of hydrogen-bond acceptors (Lipinski definition) is 5. The fraction of sp³-hybridized carbons (Fsp3) is 0.364. The van der Waals surface area contributed by atoms with Crippen LogP contribution in [0.3, 0.4) is 0 Å². The Balaban J connectivity index is 0.000000902. The van der Waals surface area contributed by atoms with Crippen LogP contribution in [-0.2, 0) is 0 Å². The molecular formula is C11H13Cl2FN4O. The van der Waals surface area contributed by atoms with Gasteiger partial charge >= 0.3 is 0 Å². The van der Waals surface area contributed by atoms with Gasteiger partial charge in [-0.1, -0.05) is 5.16 Å². The van der Waals surface area contributed by atoms with Crippen molar-refractivity contribution >= 4 is 24.8 Å². The van der Waals surface area contributed by atoms with Crippen molar-refractivity contribution in [2.45, 2.75) is 18.6 Å². The summed E-state index contributed by atoms with van der Waals surface area (Å²) in [6.45, 7) is 0.345. The second-order valence-electron chi connectivity index (χ2n) is 3.99. The van der Waals surface area contributed by atoms with Crippen LogP contribution in [0.4, 0.5) is 4.39 Å². The summed E-state index contributed by atoms with van der Waals surface area (Å²) in [5.41, 5.74) is 0.838. The summed E-state index contributed by atoms with van der Waals surface area (Å²) in [4.78, 5) is 8.18. The number of nitrogens with zero attached hydrogens (tertiary/aromatic N) is 3. The minimum atomic E-state index is -0.837. The Kier molecular flexibility index (Phi) is 5.65. The van der Waals surface area contributed by atoms with E-state index in [9.17, 15) is 4.39 Å². The highest BCUT2D eigenvalue weighted by Crippen LogP contribution is 2.25. The molecule has 0 amide bonds. The van der Waals surface area contributed by atoms with Gasteiger partial charge in [0.1, 0.15) is 6.17 Å². The molecule has 1 fully saturated rings. The van der Waals surface area contributed by atoms with Crippen LogP contribution in [0.15, 0.2) is 29.0 Å². The SMILES string of the molecule is Cl.Cl.FC1CNC(c2nc(-c3ccncc3)no2)C1. The number of halogens is 3. The summed E-state index contributed by atoms with van der Waals surface area (Å²) < 4.78 is 18.2. The van der Waals surface area contributed by atoms with Crippen molar-refractivity contribution in [2.24, 2.45) is 0 Å². The highest BCUT2D eigenvalue weighted by molar-refractivity contribution is 5.85.